The fourth-order valence-electron chi connectivity index (χ4n) is 4.00. The van der Waals surface area contributed by atoms with Crippen molar-refractivity contribution in [3.8, 4) is 11.1 Å². The molecule has 0 radical (unpaired) electrons. The van der Waals surface area contributed by atoms with E-state index in [1.165, 1.54) is 13.2 Å². The molecule has 1 unspecified atom stereocenters. The van der Waals surface area contributed by atoms with Crippen molar-refractivity contribution in [3.63, 3.8) is 0 Å². The second-order valence-electron chi connectivity index (χ2n) is 7.87. The van der Waals surface area contributed by atoms with Crippen LogP contribution in [-0.2, 0) is 14.3 Å². The van der Waals surface area contributed by atoms with Gasteiger partial charge in [-0.25, -0.2) is 9.59 Å². The topological polar surface area (TPSA) is 93.7 Å². The highest BCUT2D eigenvalue weighted by Crippen LogP contribution is 2.44. The van der Waals surface area contributed by atoms with Crippen LogP contribution in [0.2, 0.25) is 0 Å². The lowest BCUT2D eigenvalue weighted by molar-refractivity contribution is -0.117. The number of rotatable bonds is 6. The van der Waals surface area contributed by atoms with Gasteiger partial charge in [-0.1, -0.05) is 48.5 Å². The van der Waals surface area contributed by atoms with Gasteiger partial charge >= 0.3 is 12.1 Å². The number of carbonyl (C=O) groups is 3. The molecule has 1 aliphatic carbocycles. The van der Waals surface area contributed by atoms with Crippen LogP contribution in [0.4, 0.5) is 10.5 Å². The van der Waals surface area contributed by atoms with E-state index in [0.717, 1.165) is 22.3 Å². The molecule has 8 heteroatoms. The Labute approximate surface area is 211 Å². The predicted molar refractivity (Wildman–Crippen MR) is 137 cm³/mol. The van der Waals surface area contributed by atoms with E-state index in [1.54, 1.807) is 19.1 Å². The number of hydrogen-bond acceptors (Lipinski definition) is 5. The van der Waals surface area contributed by atoms with Crippen LogP contribution in [0, 0.1) is 3.57 Å². The van der Waals surface area contributed by atoms with Gasteiger partial charge in [-0.05, 0) is 70.0 Å². The van der Waals surface area contributed by atoms with Crippen molar-refractivity contribution in [2.24, 2.45) is 0 Å². The first-order valence-electron chi connectivity index (χ1n) is 10.7. The quantitative estimate of drug-likeness (QED) is 0.324. The monoisotopic (exact) mass is 570 g/mol. The van der Waals surface area contributed by atoms with Crippen LogP contribution in [0.3, 0.4) is 0 Å². The molecule has 1 aliphatic rings. The van der Waals surface area contributed by atoms with E-state index in [1.807, 2.05) is 59.0 Å². The van der Waals surface area contributed by atoms with Crippen LogP contribution in [0.25, 0.3) is 11.1 Å². The molecule has 0 aromatic heterocycles. The first-order chi connectivity index (χ1) is 16.4. The van der Waals surface area contributed by atoms with Crippen LogP contribution < -0.4 is 10.6 Å². The molecule has 4 rings (SSSR count). The van der Waals surface area contributed by atoms with Crippen molar-refractivity contribution < 1.29 is 23.9 Å². The first-order valence-corrected chi connectivity index (χ1v) is 11.8. The number of amides is 2. The van der Waals surface area contributed by atoms with Crippen molar-refractivity contribution in [2.45, 2.75) is 18.9 Å². The fraction of sp³-hybridized carbons (Fsp3) is 0.192. The number of methoxy groups -OCH3 is 1. The third kappa shape index (κ3) is 4.91. The molecule has 34 heavy (non-hydrogen) atoms. The summed E-state index contributed by atoms with van der Waals surface area (Å²) in [7, 11) is 1.30. The van der Waals surface area contributed by atoms with Crippen molar-refractivity contribution in [1.29, 1.82) is 0 Å². The summed E-state index contributed by atoms with van der Waals surface area (Å²) < 4.78 is 11.0. The summed E-state index contributed by atoms with van der Waals surface area (Å²) in [5.41, 5.74) is 5.28. The summed E-state index contributed by atoms with van der Waals surface area (Å²) in [6, 6.07) is 20.2. The van der Waals surface area contributed by atoms with E-state index in [4.69, 9.17) is 9.47 Å². The van der Waals surface area contributed by atoms with Crippen molar-refractivity contribution >= 4 is 46.2 Å². The number of alkyl carbamates (subject to hydrolysis) is 1. The number of hydrogen-bond donors (Lipinski definition) is 2. The molecule has 0 bridgehead atoms. The van der Waals surface area contributed by atoms with Crippen LogP contribution in [0.15, 0.2) is 66.7 Å². The molecule has 0 heterocycles. The van der Waals surface area contributed by atoms with Crippen LogP contribution in [0.5, 0.6) is 0 Å². The number of anilines is 1. The Morgan fingerprint density at radius 3 is 2.21 bits per heavy atom. The predicted octanol–water partition coefficient (Wildman–Crippen LogP) is 4.94. The molecule has 1 atom stereocenters. The molecule has 0 saturated carbocycles. The van der Waals surface area contributed by atoms with Gasteiger partial charge in [-0.3, -0.25) is 4.79 Å². The number of halogens is 1. The number of fused-ring (bicyclic) bond motifs is 3. The number of carbonyl (C=O) groups excluding carboxylic acids is 3. The standard InChI is InChI=1S/C26H23IN2O5/c1-15(24(30)29-16-11-12-23(27)21(13-16)25(31)33-2)28-26(32)34-14-22-19-9-5-3-7-17(19)18-8-4-6-10-20(18)22/h3-13,15,22H,14H2,1-2H3,(H,28,32)(H,29,30). The average Bonchev–Trinajstić information content (AvgIpc) is 3.17. The molecule has 174 valence electrons. The Balaban J connectivity index is 1.36. The Kier molecular flexibility index (Phi) is 7.16. The average molecular weight is 570 g/mol. The molecule has 0 saturated heterocycles. The molecular formula is C26H23IN2O5. The maximum absolute atomic E-state index is 12.6. The van der Waals surface area contributed by atoms with Crippen molar-refractivity contribution in [1.82, 2.24) is 5.32 Å². The third-order valence-corrected chi connectivity index (χ3v) is 6.65. The van der Waals surface area contributed by atoms with Gasteiger partial charge in [0.1, 0.15) is 12.6 Å². The summed E-state index contributed by atoms with van der Waals surface area (Å²) >= 11 is 2.02. The van der Waals surface area contributed by atoms with E-state index in [0.29, 0.717) is 14.8 Å². The lowest BCUT2D eigenvalue weighted by Gasteiger charge is -2.17. The van der Waals surface area contributed by atoms with E-state index < -0.39 is 24.0 Å². The van der Waals surface area contributed by atoms with E-state index in [2.05, 4.69) is 22.8 Å². The second kappa shape index (κ2) is 10.3. The zero-order valence-electron chi connectivity index (χ0n) is 18.6. The molecular weight excluding hydrogens is 547 g/mol. The highest BCUT2D eigenvalue weighted by Gasteiger charge is 2.29. The van der Waals surface area contributed by atoms with Crippen molar-refractivity contribution in [3.05, 3.63) is 87.0 Å². The molecule has 7 nitrogen and oxygen atoms in total. The summed E-state index contributed by atoms with van der Waals surface area (Å²) in [6.07, 6.45) is -0.678. The van der Waals surface area contributed by atoms with Gasteiger partial charge < -0.3 is 20.1 Å². The summed E-state index contributed by atoms with van der Waals surface area (Å²) in [6.45, 7) is 1.72. The molecule has 3 aromatic carbocycles. The maximum Gasteiger partial charge on any atom is 0.407 e. The number of nitrogens with one attached hydrogen (secondary N) is 2. The third-order valence-electron chi connectivity index (χ3n) is 5.71. The van der Waals surface area contributed by atoms with Crippen LogP contribution in [0.1, 0.15) is 34.3 Å². The zero-order valence-corrected chi connectivity index (χ0v) is 20.8. The minimum Gasteiger partial charge on any atom is -0.465 e. The summed E-state index contributed by atoms with van der Waals surface area (Å²) in [5, 5.41) is 5.26. The molecule has 2 amide bonds. The Morgan fingerprint density at radius 1 is 0.971 bits per heavy atom. The molecule has 2 N–H and O–H groups in total. The maximum atomic E-state index is 12.6. The minimum absolute atomic E-state index is 0.0641. The molecule has 0 spiro atoms. The number of ether oxygens (including phenoxy) is 2. The van der Waals surface area contributed by atoms with Gasteiger partial charge in [0.25, 0.3) is 0 Å². The molecule has 3 aromatic rings. The highest BCUT2D eigenvalue weighted by atomic mass is 127. The lowest BCUT2D eigenvalue weighted by atomic mass is 9.98. The first kappa shape index (κ1) is 23.7. The van der Waals surface area contributed by atoms with Gasteiger partial charge in [0.15, 0.2) is 0 Å². The van der Waals surface area contributed by atoms with Crippen molar-refractivity contribution in [2.75, 3.05) is 19.0 Å². The van der Waals surface area contributed by atoms with Gasteiger partial charge in [0.2, 0.25) is 5.91 Å². The Morgan fingerprint density at radius 2 is 1.59 bits per heavy atom. The molecule has 0 aliphatic heterocycles. The van der Waals surface area contributed by atoms with Gasteiger partial charge in [0, 0.05) is 15.2 Å². The summed E-state index contributed by atoms with van der Waals surface area (Å²) in [5.74, 6) is -0.998. The highest BCUT2D eigenvalue weighted by molar-refractivity contribution is 14.1. The Hall–Kier alpha value is -3.40. The normalized spacial score (nSPS) is 12.8. The van der Waals surface area contributed by atoms with Gasteiger partial charge in [-0.2, -0.15) is 0 Å². The summed E-state index contributed by atoms with van der Waals surface area (Å²) in [4.78, 5) is 36.9. The van der Waals surface area contributed by atoms with Crippen LogP contribution in [-0.4, -0.2) is 37.7 Å². The number of esters is 1. The van der Waals surface area contributed by atoms with E-state index in [9.17, 15) is 14.4 Å². The van der Waals surface area contributed by atoms with Crippen LogP contribution >= 0.6 is 22.6 Å². The number of benzene rings is 3. The van der Waals surface area contributed by atoms with Gasteiger partial charge in [-0.15, -0.1) is 0 Å². The van der Waals surface area contributed by atoms with E-state index in [-0.39, 0.29) is 12.5 Å². The fourth-order valence-corrected chi connectivity index (χ4v) is 4.56. The minimum atomic E-state index is -0.850. The van der Waals surface area contributed by atoms with Gasteiger partial charge in [0.05, 0.1) is 12.7 Å². The molecule has 0 fully saturated rings. The second-order valence-corrected chi connectivity index (χ2v) is 9.03. The zero-order chi connectivity index (χ0) is 24.2. The Bertz CT molecular complexity index is 1210. The largest absolute Gasteiger partial charge is 0.465 e. The van der Waals surface area contributed by atoms with E-state index >= 15 is 0 Å². The smallest absolute Gasteiger partial charge is 0.407 e. The SMILES string of the molecule is COC(=O)c1cc(NC(=O)C(C)NC(=O)OCC2c3ccccc3-c3ccccc32)ccc1I. The lowest BCUT2D eigenvalue weighted by Crippen LogP contribution is -2.42.